The van der Waals surface area contributed by atoms with E-state index in [1.165, 1.54) is 0 Å². The molecule has 0 fully saturated rings. The third-order valence-electron chi connectivity index (χ3n) is 1.91. The summed E-state index contributed by atoms with van der Waals surface area (Å²) in [5, 5.41) is 12.0. The zero-order valence-corrected chi connectivity index (χ0v) is 8.58. The summed E-state index contributed by atoms with van der Waals surface area (Å²) in [4.78, 5) is 10.3. The van der Waals surface area contributed by atoms with E-state index >= 15 is 0 Å². The Labute approximate surface area is 87.7 Å². The maximum absolute atomic E-state index is 10.3. The summed E-state index contributed by atoms with van der Waals surface area (Å²) in [7, 11) is 0. The molecule has 4 heteroatoms. The van der Waals surface area contributed by atoms with E-state index in [-0.39, 0.29) is 12.6 Å². The third-order valence-corrected chi connectivity index (χ3v) is 2.14. The van der Waals surface area contributed by atoms with Crippen LogP contribution in [0.3, 0.4) is 0 Å². The Morgan fingerprint density at radius 3 is 2.93 bits per heavy atom. The number of hydrogen-bond donors (Lipinski definition) is 2. The molecule has 0 radical (unpaired) electrons. The highest BCUT2D eigenvalue weighted by Crippen LogP contribution is 2.16. The van der Waals surface area contributed by atoms with Gasteiger partial charge >= 0.3 is 5.97 Å². The second-order valence-corrected chi connectivity index (χ2v) is 3.49. The van der Waals surface area contributed by atoms with Crippen LogP contribution in [0, 0.1) is 0 Å². The number of rotatable bonds is 4. The Bertz CT molecular complexity index is 328. The van der Waals surface area contributed by atoms with Crippen LogP contribution in [0.15, 0.2) is 24.3 Å². The van der Waals surface area contributed by atoms with Gasteiger partial charge in [-0.05, 0) is 24.6 Å². The van der Waals surface area contributed by atoms with E-state index in [0.717, 1.165) is 5.56 Å². The second-order valence-electron chi connectivity index (χ2n) is 3.05. The summed E-state index contributed by atoms with van der Waals surface area (Å²) in [5.74, 6) is -0.862. The number of carbonyl (C=O) groups is 1. The predicted molar refractivity (Wildman–Crippen MR) is 55.5 cm³/mol. The van der Waals surface area contributed by atoms with Gasteiger partial charge in [-0.25, -0.2) is 0 Å². The summed E-state index contributed by atoms with van der Waals surface area (Å²) in [6.45, 7) is 1.85. The molecule has 0 amide bonds. The zero-order chi connectivity index (χ0) is 10.6. The third kappa shape index (κ3) is 3.36. The van der Waals surface area contributed by atoms with Gasteiger partial charge in [0, 0.05) is 11.1 Å². The number of hydrogen-bond acceptors (Lipinski definition) is 2. The van der Waals surface area contributed by atoms with Crippen LogP contribution in [0.1, 0.15) is 18.5 Å². The van der Waals surface area contributed by atoms with E-state index in [9.17, 15) is 4.79 Å². The van der Waals surface area contributed by atoms with Crippen LogP contribution in [0.5, 0.6) is 0 Å². The van der Waals surface area contributed by atoms with Crippen molar-refractivity contribution in [1.29, 1.82) is 0 Å². The van der Waals surface area contributed by atoms with Crippen molar-refractivity contribution in [3.8, 4) is 0 Å². The predicted octanol–water partition coefficient (Wildman–Crippen LogP) is 2.08. The lowest BCUT2D eigenvalue weighted by Gasteiger charge is -2.12. The topological polar surface area (TPSA) is 49.3 Å². The Hall–Kier alpha value is -1.06. The molecule has 0 saturated carbocycles. The first kappa shape index (κ1) is 11.0. The maximum Gasteiger partial charge on any atom is 0.317 e. The lowest BCUT2D eigenvalue weighted by molar-refractivity contribution is -0.136. The summed E-state index contributed by atoms with van der Waals surface area (Å²) in [5.41, 5.74) is 0.985. The van der Waals surface area contributed by atoms with Crippen molar-refractivity contribution in [1.82, 2.24) is 5.32 Å². The van der Waals surface area contributed by atoms with Gasteiger partial charge in [0.2, 0.25) is 0 Å². The molecule has 0 aliphatic rings. The fraction of sp³-hybridized carbons (Fsp3) is 0.300. The molecular weight excluding hydrogens is 202 g/mol. The van der Waals surface area contributed by atoms with E-state index in [2.05, 4.69) is 5.32 Å². The fourth-order valence-electron chi connectivity index (χ4n) is 1.13. The second kappa shape index (κ2) is 4.98. The Morgan fingerprint density at radius 2 is 2.36 bits per heavy atom. The van der Waals surface area contributed by atoms with Gasteiger partial charge in [0.05, 0.1) is 6.54 Å². The first-order valence-corrected chi connectivity index (χ1v) is 4.68. The molecule has 0 aliphatic heterocycles. The van der Waals surface area contributed by atoms with E-state index in [4.69, 9.17) is 16.7 Å². The van der Waals surface area contributed by atoms with Gasteiger partial charge in [0.25, 0.3) is 0 Å². The largest absolute Gasteiger partial charge is 0.480 e. The van der Waals surface area contributed by atoms with Gasteiger partial charge in [0.15, 0.2) is 0 Å². The van der Waals surface area contributed by atoms with Crippen LogP contribution < -0.4 is 5.32 Å². The summed E-state index contributed by atoms with van der Waals surface area (Å²) in [6.07, 6.45) is 0. The highest BCUT2D eigenvalue weighted by Gasteiger charge is 2.06. The minimum atomic E-state index is -0.862. The van der Waals surface area contributed by atoms with Crippen molar-refractivity contribution in [3.05, 3.63) is 34.9 Å². The fourth-order valence-corrected chi connectivity index (χ4v) is 1.33. The monoisotopic (exact) mass is 213 g/mol. The minimum absolute atomic E-state index is 0.00944. The van der Waals surface area contributed by atoms with E-state index in [1.54, 1.807) is 6.07 Å². The van der Waals surface area contributed by atoms with Crippen LogP contribution in [-0.4, -0.2) is 17.6 Å². The zero-order valence-electron chi connectivity index (χ0n) is 7.83. The molecule has 0 bridgehead atoms. The van der Waals surface area contributed by atoms with E-state index in [1.807, 2.05) is 25.1 Å². The molecule has 1 aromatic rings. The molecule has 76 valence electrons. The lowest BCUT2D eigenvalue weighted by atomic mass is 10.1. The maximum atomic E-state index is 10.3. The van der Waals surface area contributed by atoms with E-state index in [0.29, 0.717) is 5.02 Å². The number of aliphatic carboxylic acids is 1. The Morgan fingerprint density at radius 1 is 1.64 bits per heavy atom. The molecule has 0 unspecified atom stereocenters. The van der Waals surface area contributed by atoms with Gasteiger partial charge in [0.1, 0.15) is 0 Å². The molecule has 1 atom stereocenters. The van der Waals surface area contributed by atoms with Crippen LogP contribution in [-0.2, 0) is 4.79 Å². The minimum Gasteiger partial charge on any atom is -0.480 e. The van der Waals surface area contributed by atoms with E-state index < -0.39 is 5.97 Å². The highest BCUT2D eigenvalue weighted by atomic mass is 35.5. The van der Waals surface area contributed by atoms with Crippen molar-refractivity contribution < 1.29 is 9.90 Å². The molecule has 14 heavy (non-hydrogen) atoms. The lowest BCUT2D eigenvalue weighted by Crippen LogP contribution is -2.25. The molecule has 2 N–H and O–H groups in total. The summed E-state index contributed by atoms with van der Waals surface area (Å²) >= 11 is 5.81. The van der Waals surface area contributed by atoms with Crippen LogP contribution in [0.25, 0.3) is 0 Å². The standard InChI is InChI=1S/C10H12ClNO2/c1-7(12-6-10(13)14)8-3-2-4-9(11)5-8/h2-5,7,12H,6H2,1H3,(H,13,14)/t7-/m0/s1. The van der Waals surface area contributed by atoms with Gasteiger partial charge in [-0.1, -0.05) is 23.7 Å². The summed E-state index contributed by atoms with van der Waals surface area (Å²) in [6, 6.07) is 7.35. The number of benzene rings is 1. The summed E-state index contributed by atoms with van der Waals surface area (Å²) < 4.78 is 0. The van der Waals surface area contributed by atoms with Gasteiger partial charge in [-0.15, -0.1) is 0 Å². The van der Waals surface area contributed by atoms with Crippen LogP contribution in [0.2, 0.25) is 5.02 Å². The average molecular weight is 214 g/mol. The van der Waals surface area contributed by atoms with Crippen molar-refractivity contribution in [2.75, 3.05) is 6.54 Å². The molecule has 0 heterocycles. The first-order valence-electron chi connectivity index (χ1n) is 4.30. The van der Waals surface area contributed by atoms with Crippen molar-refractivity contribution in [2.45, 2.75) is 13.0 Å². The van der Waals surface area contributed by atoms with Gasteiger partial charge in [-0.2, -0.15) is 0 Å². The quantitative estimate of drug-likeness (QED) is 0.805. The van der Waals surface area contributed by atoms with Crippen molar-refractivity contribution in [3.63, 3.8) is 0 Å². The van der Waals surface area contributed by atoms with Gasteiger partial charge in [-0.3, -0.25) is 4.79 Å². The highest BCUT2D eigenvalue weighted by molar-refractivity contribution is 6.30. The normalized spacial score (nSPS) is 12.4. The molecule has 0 spiro atoms. The Kier molecular flexibility index (Phi) is 3.92. The molecule has 0 saturated heterocycles. The number of nitrogens with one attached hydrogen (secondary N) is 1. The van der Waals surface area contributed by atoms with Crippen molar-refractivity contribution >= 4 is 17.6 Å². The van der Waals surface area contributed by atoms with Crippen LogP contribution in [0.4, 0.5) is 0 Å². The number of carboxylic acids is 1. The van der Waals surface area contributed by atoms with Gasteiger partial charge < -0.3 is 10.4 Å². The molecule has 1 rings (SSSR count). The first-order chi connectivity index (χ1) is 6.59. The molecule has 0 aliphatic carbocycles. The smallest absolute Gasteiger partial charge is 0.317 e. The Balaban J connectivity index is 2.60. The van der Waals surface area contributed by atoms with Crippen molar-refractivity contribution in [2.24, 2.45) is 0 Å². The molecule has 1 aromatic carbocycles. The average Bonchev–Trinajstić information content (AvgIpc) is 2.14. The molecule has 3 nitrogen and oxygen atoms in total. The molecular formula is C10H12ClNO2. The number of halogens is 1. The SMILES string of the molecule is C[C@H](NCC(=O)O)c1cccc(Cl)c1. The molecule has 0 aromatic heterocycles. The number of carboxylic acid groups (broad SMARTS) is 1. The van der Waals surface area contributed by atoms with Crippen LogP contribution >= 0.6 is 11.6 Å².